The molecule has 7 nitrogen and oxygen atoms in total. The second kappa shape index (κ2) is 12.6. The third kappa shape index (κ3) is 8.71. The fourth-order valence-electron chi connectivity index (χ4n) is 3.52. The first-order valence-corrected chi connectivity index (χ1v) is 12.0. The van der Waals surface area contributed by atoms with Crippen LogP contribution in [0, 0.1) is 13.8 Å². The molecule has 2 N–H and O–H groups in total. The number of nitrogens with one attached hydrogen (secondary N) is 2. The maximum absolute atomic E-state index is 13.7. The van der Waals surface area contributed by atoms with Gasteiger partial charge in [-0.1, -0.05) is 44.0 Å². The first-order valence-electron chi connectivity index (χ1n) is 12.0. The van der Waals surface area contributed by atoms with E-state index in [4.69, 9.17) is 4.74 Å². The molecule has 0 aliphatic heterocycles. The van der Waals surface area contributed by atoms with Crippen LogP contribution in [0.4, 0.5) is 4.79 Å². The summed E-state index contributed by atoms with van der Waals surface area (Å²) in [6.07, 6.45) is 1.82. The smallest absolute Gasteiger partial charge is 0.408 e. The minimum atomic E-state index is -0.857. The molecule has 0 bridgehead atoms. The zero-order chi connectivity index (χ0) is 25.3. The predicted octanol–water partition coefficient (Wildman–Crippen LogP) is 4.80. The van der Waals surface area contributed by atoms with Gasteiger partial charge in [0, 0.05) is 12.6 Å². The van der Waals surface area contributed by atoms with E-state index < -0.39 is 23.8 Å². The number of hydrogen-bond acceptors (Lipinski definition) is 4. The van der Waals surface area contributed by atoms with Gasteiger partial charge in [-0.05, 0) is 72.4 Å². The molecule has 0 aliphatic rings. The fraction of sp³-hybridized carbons (Fsp3) is 0.654. The molecule has 186 valence electrons. The maximum atomic E-state index is 13.7. The van der Waals surface area contributed by atoms with Crippen molar-refractivity contribution in [1.82, 2.24) is 15.5 Å². The van der Waals surface area contributed by atoms with Crippen molar-refractivity contribution in [2.24, 2.45) is 0 Å². The van der Waals surface area contributed by atoms with Gasteiger partial charge in [0.2, 0.25) is 11.8 Å². The van der Waals surface area contributed by atoms with Crippen LogP contribution in [0.2, 0.25) is 0 Å². The standard InChI is InChI=1S/C26H43N3O4/c1-10-12-15-27-23(30)22(21-16-17(3)13-14-18(21)4)29(19(5)11-2)24(31)20(6)28-25(32)33-26(7,8)9/h13-14,16,19-20,22H,10-12,15H2,1-9H3,(H,27,30)(H,28,32). The molecule has 0 saturated carbocycles. The molecule has 1 aromatic carbocycles. The van der Waals surface area contributed by atoms with Crippen molar-refractivity contribution in [3.8, 4) is 0 Å². The fourth-order valence-corrected chi connectivity index (χ4v) is 3.52. The number of rotatable bonds is 10. The monoisotopic (exact) mass is 461 g/mol. The zero-order valence-corrected chi connectivity index (χ0v) is 21.9. The van der Waals surface area contributed by atoms with E-state index in [0.29, 0.717) is 13.0 Å². The van der Waals surface area contributed by atoms with Gasteiger partial charge >= 0.3 is 6.09 Å². The molecule has 0 aliphatic carbocycles. The molecule has 0 aromatic heterocycles. The minimum absolute atomic E-state index is 0.213. The van der Waals surface area contributed by atoms with Gasteiger partial charge in [-0.2, -0.15) is 0 Å². The molecule has 0 heterocycles. The van der Waals surface area contributed by atoms with Gasteiger partial charge in [-0.3, -0.25) is 9.59 Å². The summed E-state index contributed by atoms with van der Waals surface area (Å²) >= 11 is 0. The van der Waals surface area contributed by atoms with Crippen LogP contribution in [0.1, 0.15) is 90.5 Å². The Morgan fingerprint density at radius 1 is 1.09 bits per heavy atom. The first kappa shape index (κ1) is 28.5. The average molecular weight is 462 g/mol. The Morgan fingerprint density at radius 2 is 1.73 bits per heavy atom. The molecule has 3 atom stereocenters. The number of alkyl carbamates (subject to hydrolysis) is 1. The molecule has 0 spiro atoms. The van der Waals surface area contributed by atoms with Gasteiger partial charge in [0.15, 0.2) is 0 Å². The van der Waals surface area contributed by atoms with Crippen LogP contribution in [-0.4, -0.2) is 47.0 Å². The van der Waals surface area contributed by atoms with Crippen molar-refractivity contribution in [2.75, 3.05) is 6.54 Å². The Labute approximate surface area is 199 Å². The summed E-state index contributed by atoms with van der Waals surface area (Å²) in [6, 6.07) is 4.05. The van der Waals surface area contributed by atoms with Crippen molar-refractivity contribution in [3.05, 3.63) is 34.9 Å². The summed E-state index contributed by atoms with van der Waals surface area (Å²) in [5.74, 6) is -0.540. The van der Waals surface area contributed by atoms with E-state index in [9.17, 15) is 14.4 Å². The summed E-state index contributed by atoms with van der Waals surface area (Å²) in [5, 5.41) is 5.64. The Hall–Kier alpha value is -2.57. The molecular formula is C26H43N3O4. The van der Waals surface area contributed by atoms with E-state index in [0.717, 1.165) is 29.5 Å². The second-order valence-electron chi connectivity index (χ2n) is 9.78. The molecular weight excluding hydrogens is 418 g/mol. The van der Waals surface area contributed by atoms with Crippen molar-refractivity contribution < 1.29 is 19.1 Å². The lowest BCUT2D eigenvalue weighted by Gasteiger charge is -2.38. The van der Waals surface area contributed by atoms with Crippen LogP contribution < -0.4 is 10.6 Å². The van der Waals surface area contributed by atoms with Gasteiger partial charge in [-0.25, -0.2) is 4.79 Å². The van der Waals surface area contributed by atoms with Crippen molar-refractivity contribution in [3.63, 3.8) is 0 Å². The zero-order valence-electron chi connectivity index (χ0n) is 21.9. The Balaban J connectivity index is 3.39. The van der Waals surface area contributed by atoms with Crippen molar-refractivity contribution in [2.45, 2.75) is 105 Å². The number of benzene rings is 1. The summed E-state index contributed by atoms with van der Waals surface area (Å²) in [6.45, 7) is 17.3. The minimum Gasteiger partial charge on any atom is -0.444 e. The molecule has 1 aromatic rings. The van der Waals surface area contributed by atoms with Gasteiger partial charge in [0.25, 0.3) is 0 Å². The van der Waals surface area contributed by atoms with E-state index >= 15 is 0 Å². The van der Waals surface area contributed by atoms with Crippen LogP contribution >= 0.6 is 0 Å². The number of nitrogens with zero attached hydrogens (tertiary/aromatic N) is 1. The third-order valence-corrected chi connectivity index (χ3v) is 5.51. The van der Waals surface area contributed by atoms with Crippen molar-refractivity contribution in [1.29, 1.82) is 0 Å². The topological polar surface area (TPSA) is 87.7 Å². The van der Waals surface area contributed by atoms with E-state index in [1.165, 1.54) is 0 Å². The summed E-state index contributed by atoms with van der Waals surface area (Å²) in [5.41, 5.74) is 2.06. The van der Waals surface area contributed by atoms with Crippen molar-refractivity contribution >= 4 is 17.9 Å². The van der Waals surface area contributed by atoms with Crippen LogP contribution in [-0.2, 0) is 14.3 Å². The van der Waals surface area contributed by atoms with Crippen LogP contribution in [0.25, 0.3) is 0 Å². The third-order valence-electron chi connectivity index (χ3n) is 5.51. The van der Waals surface area contributed by atoms with E-state index in [-0.39, 0.29) is 17.9 Å². The highest BCUT2D eigenvalue weighted by molar-refractivity contribution is 5.92. The maximum Gasteiger partial charge on any atom is 0.408 e. The molecule has 3 amide bonds. The number of carbonyl (C=O) groups excluding carboxylic acids is 3. The molecule has 1 rings (SSSR count). The molecule has 0 saturated heterocycles. The van der Waals surface area contributed by atoms with Crippen LogP contribution in [0.15, 0.2) is 18.2 Å². The number of hydrogen-bond donors (Lipinski definition) is 2. The summed E-state index contributed by atoms with van der Waals surface area (Å²) in [4.78, 5) is 41.0. The number of carbonyl (C=O) groups is 3. The largest absolute Gasteiger partial charge is 0.444 e. The number of unbranched alkanes of at least 4 members (excludes halogenated alkanes) is 1. The van der Waals surface area contributed by atoms with Gasteiger partial charge in [-0.15, -0.1) is 0 Å². The summed E-state index contributed by atoms with van der Waals surface area (Å²) in [7, 11) is 0. The van der Waals surface area contributed by atoms with Crippen LogP contribution in [0.3, 0.4) is 0 Å². The Morgan fingerprint density at radius 3 is 2.27 bits per heavy atom. The number of amides is 3. The highest BCUT2D eigenvalue weighted by atomic mass is 16.6. The second-order valence-corrected chi connectivity index (χ2v) is 9.78. The molecule has 33 heavy (non-hydrogen) atoms. The molecule has 0 fully saturated rings. The SMILES string of the molecule is CCCCNC(=O)C(c1cc(C)ccc1C)N(C(=O)C(C)NC(=O)OC(C)(C)C)C(C)CC. The number of aryl methyl sites for hydroxylation is 2. The highest BCUT2D eigenvalue weighted by Crippen LogP contribution is 2.29. The number of ether oxygens (including phenoxy) is 1. The van der Waals surface area contributed by atoms with E-state index in [1.54, 1.807) is 32.6 Å². The lowest BCUT2D eigenvalue weighted by Crippen LogP contribution is -2.54. The summed E-state index contributed by atoms with van der Waals surface area (Å²) < 4.78 is 5.32. The van der Waals surface area contributed by atoms with Crippen LogP contribution in [0.5, 0.6) is 0 Å². The molecule has 7 heteroatoms. The Kier molecular flexibility index (Phi) is 10.9. The van der Waals surface area contributed by atoms with Gasteiger partial charge in [0.1, 0.15) is 17.7 Å². The van der Waals surface area contributed by atoms with Gasteiger partial charge < -0.3 is 20.3 Å². The average Bonchev–Trinajstić information content (AvgIpc) is 2.71. The highest BCUT2D eigenvalue weighted by Gasteiger charge is 2.37. The quantitative estimate of drug-likeness (QED) is 0.490. The predicted molar refractivity (Wildman–Crippen MR) is 132 cm³/mol. The lowest BCUT2D eigenvalue weighted by atomic mass is 9.94. The lowest BCUT2D eigenvalue weighted by molar-refractivity contribution is -0.144. The normalized spacial score (nSPS) is 14.1. The van der Waals surface area contributed by atoms with Gasteiger partial charge in [0.05, 0.1) is 0 Å². The molecule has 3 unspecified atom stereocenters. The Bertz CT molecular complexity index is 816. The molecule has 0 radical (unpaired) electrons. The first-order chi connectivity index (χ1) is 15.3. The van der Waals surface area contributed by atoms with E-state index in [1.807, 2.05) is 45.9 Å². The van der Waals surface area contributed by atoms with E-state index in [2.05, 4.69) is 17.6 Å².